The molecule has 0 fully saturated rings. The van der Waals surface area contributed by atoms with Gasteiger partial charge in [-0.15, -0.1) is 5.10 Å². The van der Waals surface area contributed by atoms with Gasteiger partial charge in [-0.1, -0.05) is 0 Å². The largest absolute Gasteiger partial charge is 0.367 e. The summed E-state index contributed by atoms with van der Waals surface area (Å²) in [4.78, 5) is 0. The molecule has 86 valence electrons. The third kappa shape index (κ3) is 2.91. The molecule has 1 rings (SSSR count). The summed E-state index contributed by atoms with van der Waals surface area (Å²) in [6.45, 7) is 6.36. The Balaban J connectivity index is 2.81. The average Bonchev–Trinajstić information content (AvgIpc) is 2.23. The highest BCUT2D eigenvalue weighted by Gasteiger charge is 2.09. The molecule has 0 aliphatic rings. The molecule has 0 saturated heterocycles. The average molecular weight is 219 g/mol. The molecule has 0 aliphatic carbocycles. The summed E-state index contributed by atoms with van der Waals surface area (Å²) in [5, 5.41) is 20.1. The van der Waals surface area contributed by atoms with Crippen LogP contribution < -0.4 is 11.1 Å². The van der Waals surface area contributed by atoms with Crippen molar-refractivity contribution in [2.45, 2.75) is 33.2 Å². The lowest BCUT2D eigenvalue weighted by Gasteiger charge is -2.10. The van der Waals surface area contributed by atoms with Crippen LogP contribution in [0.2, 0.25) is 0 Å². The lowest BCUT2D eigenvalue weighted by Crippen LogP contribution is -2.20. The fourth-order valence-corrected chi connectivity index (χ4v) is 1.29. The molecule has 1 atom stereocenters. The maximum absolute atomic E-state index is 9.05. The van der Waals surface area contributed by atoms with Gasteiger partial charge in [-0.2, -0.15) is 10.4 Å². The van der Waals surface area contributed by atoms with Gasteiger partial charge in [-0.05, 0) is 32.8 Å². The molecule has 5 nitrogen and oxygen atoms in total. The zero-order chi connectivity index (χ0) is 12.1. The zero-order valence-corrected chi connectivity index (χ0v) is 9.91. The Morgan fingerprint density at radius 2 is 2.12 bits per heavy atom. The molecule has 0 saturated carbocycles. The fraction of sp³-hybridized carbons (Fsp3) is 0.545. The minimum absolute atomic E-state index is 0.137. The number of hydrogen-bond donors (Lipinski definition) is 2. The Hall–Kier alpha value is -1.67. The standard InChI is InChI=1S/C11H17N5/c1-7(13)4-5-14-11-10(6-12)8(2)9(3)15-16-11/h7H,4-5,13H2,1-3H3,(H,14,16). The third-order valence-corrected chi connectivity index (χ3v) is 2.46. The van der Waals surface area contributed by atoms with Crippen molar-refractivity contribution in [2.24, 2.45) is 5.73 Å². The van der Waals surface area contributed by atoms with Gasteiger partial charge in [-0.3, -0.25) is 0 Å². The second kappa shape index (κ2) is 5.42. The number of nitrogens with zero attached hydrogens (tertiary/aromatic N) is 3. The maximum Gasteiger partial charge on any atom is 0.166 e. The first kappa shape index (κ1) is 12.4. The molecular formula is C11H17N5. The molecule has 0 aliphatic heterocycles. The van der Waals surface area contributed by atoms with Crippen LogP contribution in [0.25, 0.3) is 0 Å². The molecule has 0 radical (unpaired) electrons. The number of aromatic nitrogens is 2. The topological polar surface area (TPSA) is 87.6 Å². The number of nitriles is 1. The van der Waals surface area contributed by atoms with E-state index in [4.69, 9.17) is 11.0 Å². The fourth-order valence-electron chi connectivity index (χ4n) is 1.29. The smallest absolute Gasteiger partial charge is 0.166 e. The van der Waals surface area contributed by atoms with Crippen molar-refractivity contribution in [3.8, 4) is 6.07 Å². The molecule has 0 bridgehead atoms. The lowest BCUT2D eigenvalue weighted by atomic mass is 10.1. The van der Waals surface area contributed by atoms with E-state index in [-0.39, 0.29) is 6.04 Å². The monoisotopic (exact) mass is 219 g/mol. The van der Waals surface area contributed by atoms with Gasteiger partial charge in [0.2, 0.25) is 0 Å². The molecule has 0 amide bonds. The summed E-state index contributed by atoms with van der Waals surface area (Å²) in [5.41, 5.74) is 7.87. The summed E-state index contributed by atoms with van der Waals surface area (Å²) in [5.74, 6) is 0.547. The van der Waals surface area contributed by atoms with Gasteiger partial charge in [0.1, 0.15) is 11.6 Å². The number of hydrogen-bond acceptors (Lipinski definition) is 5. The van der Waals surface area contributed by atoms with Crippen molar-refractivity contribution < 1.29 is 0 Å². The number of anilines is 1. The Morgan fingerprint density at radius 3 is 2.69 bits per heavy atom. The lowest BCUT2D eigenvalue weighted by molar-refractivity contribution is 0.688. The Morgan fingerprint density at radius 1 is 1.44 bits per heavy atom. The van der Waals surface area contributed by atoms with E-state index in [0.717, 1.165) is 17.7 Å². The SMILES string of the molecule is Cc1nnc(NCCC(C)N)c(C#N)c1C. The number of aryl methyl sites for hydroxylation is 1. The van der Waals surface area contributed by atoms with Crippen LogP contribution >= 0.6 is 0 Å². The molecule has 1 unspecified atom stereocenters. The Labute approximate surface area is 95.7 Å². The summed E-state index contributed by atoms with van der Waals surface area (Å²) in [6, 6.07) is 2.28. The van der Waals surface area contributed by atoms with Gasteiger partial charge >= 0.3 is 0 Å². The minimum Gasteiger partial charge on any atom is -0.367 e. The van der Waals surface area contributed by atoms with Crippen LogP contribution in [0, 0.1) is 25.2 Å². The van der Waals surface area contributed by atoms with Gasteiger partial charge in [0.05, 0.1) is 5.69 Å². The summed E-state index contributed by atoms with van der Waals surface area (Å²) >= 11 is 0. The predicted molar refractivity (Wildman–Crippen MR) is 63.0 cm³/mol. The third-order valence-electron chi connectivity index (χ3n) is 2.46. The first-order valence-corrected chi connectivity index (χ1v) is 5.29. The first-order valence-electron chi connectivity index (χ1n) is 5.29. The van der Waals surface area contributed by atoms with Crippen LogP contribution in [0.5, 0.6) is 0 Å². The van der Waals surface area contributed by atoms with E-state index in [1.807, 2.05) is 20.8 Å². The van der Waals surface area contributed by atoms with Gasteiger partial charge < -0.3 is 11.1 Å². The molecule has 0 spiro atoms. The highest BCUT2D eigenvalue weighted by molar-refractivity contribution is 5.55. The van der Waals surface area contributed by atoms with Crippen LogP contribution in [0.3, 0.4) is 0 Å². The van der Waals surface area contributed by atoms with E-state index < -0.39 is 0 Å². The van der Waals surface area contributed by atoms with Crippen molar-refractivity contribution in [3.05, 3.63) is 16.8 Å². The van der Waals surface area contributed by atoms with Crippen LogP contribution in [0.4, 0.5) is 5.82 Å². The van der Waals surface area contributed by atoms with Crippen LogP contribution in [-0.2, 0) is 0 Å². The molecule has 3 N–H and O–H groups in total. The second-order valence-electron chi connectivity index (χ2n) is 3.94. The molecule has 5 heteroatoms. The van der Waals surface area contributed by atoms with Crippen molar-refractivity contribution in [1.29, 1.82) is 5.26 Å². The normalized spacial score (nSPS) is 11.9. The van der Waals surface area contributed by atoms with Gasteiger partial charge in [0, 0.05) is 12.6 Å². The van der Waals surface area contributed by atoms with Crippen molar-refractivity contribution >= 4 is 5.82 Å². The molecule has 1 heterocycles. The van der Waals surface area contributed by atoms with E-state index in [9.17, 15) is 0 Å². The van der Waals surface area contributed by atoms with Crippen LogP contribution in [0.15, 0.2) is 0 Å². The molecule has 16 heavy (non-hydrogen) atoms. The summed E-state index contributed by atoms with van der Waals surface area (Å²) in [6.07, 6.45) is 0.833. The minimum atomic E-state index is 0.137. The van der Waals surface area contributed by atoms with Crippen molar-refractivity contribution in [1.82, 2.24) is 10.2 Å². The molecule has 0 aromatic carbocycles. The first-order chi connectivity index (χ1) is 7.56. The van der Waals surface area contributed by atoms with E-state index >= 15 is 0 Å². The van der Waals surface area contributed by atoms with E-state index in [2.05, 4.69) is 21.6 Å². The summed E-state index contributed by atoms with van der Waals surface area (Å²) < 4.78 is 0. The van der Waals surface area contributed by atoms with Crippen molar-refractivity contribution in [2.75, 3.05) is 11.9 Å². The van der Waals surface area contributed by atoms with Gasteiger partial charge in [-0.25, -0.2) is 0 Å². The van der Waals surface area contributed by atoms with Gasteiger partial charge in [0.15, 0.2) is 5.82 Å². The number of nitrogens with one attached hydrogen (secondary N) is 1. The molecule has 1 aromatic heterocycles. The van der Waals surface area contributed by atoms with Crippen LogP contribution in [-0.4, -0.2) is 22.8 Å². The Kier molecular flexibility index (Phi) is 4.20. The second-order valence-corrected chi connectivity index (χ2v) is 3.94. The van der Waals surface area contributed by atoms with E-state index in [1.54, 1.807) is 0 Å². The predicted octanol–water partition coefficient (Wildman–Crippen LogP) is 1.11. The van der Waals surface area contributed by atoms with E-state index in [0.29, 0.717) is 17.9 Å². The Bertz CT molecular complexity index is 406. The van der Waals surface area contributed by atoms with Crippen molar-refractivity contribution in [3.63, 3.8) is 0 Å². The van der Waals surface area contributed by atoms with E-state index in [1.165, 1.54) is 0 Å². The quantitative estimate of drug-likeness (QED) is 0.792. The van der Waals surface area contributed by atoms with Gasteiger partial charge in [0.25, 0.3) is 0 Å². The molecular weight excluding hydrogens is 202 g/mol. The molecule has 1 aromatic rings. The maximum atomic E-state index is 9.05. The zero-order valence-electron chi connectivity index (χ0n) is 9.91. The highest BCUT2D eigenvalue weighted by Crippen LogP contribution is 2.16. The number of rotatable bonds is 4. The number of nitrogens with two attached hydrogens (primary N) is 1. The summed E-state index contributed by atoms with van der Waals surface area (Å²) in [7, 11) is 0. The highest BCUT2D eigenvalue weighted by atomic mass is 15.2. The van der Waals surface area contributed by atoms with Crippen LogP contribution in [0.1, 0.15) is 30.2 Å².